The Morgan fingerprint density at radius 2 is 2.07 bits per heavy atom. The second-order valence-electron chi connectivity index (χ2n) is 3.47. The highest BCUT2D eigenvalue weighted by atomic mass is 16.5. The highest BCUT2D eigenvalue weighted by Crippen LogP contribution is 1.93. The maximum atomic E-state index is 11.4. The first-order valence-corrected chi connectivity index (χ1v) is 4.90. The van der Waals surface area contributed by atoms with Crippen molar-refractivity contribution in [2.24, 2.45) is 0 Å². The van der Waals surface area contributed by atoms with Gasteiger partial charge in [-0.15, -0.1) is 0 Å². The first kappa shape index (κ1) is 13.9. The van der Waals surface area contributed by atoms with Crippen molar-refractivity contribution < 1.29 is 9.53 Å². The summed E-state index contributed by atoms with van der Waals surface area (Å²) in [6.45, 7) is 2.21. The van der Waals surface area contributed by atoms with Crippen molar-refractivity contribution >= 4 is 5.91 Å². The van der Waals surface area contributed by atoms with Gasteiger partial charge in [0.2, 0.25) is 5.91 Å². The highest BCUT2D eigenvalue weighted by Gasteiger charge is 2.11. The van der Waals surface area contributed by atoms with E-state index in [9.17, 15) is 4.79 Å². The molecule has 0 bridgehead atoms. The Bertz CT molecular complexity index is 223. The minimum Gasteiger partial charge on any atom is -0.383 e. The molecule has 0 aromatic rings. The molecule has 0 N–H and O–H groups in total. The lowest BCUT2D eigenvalue weighted by Crippen LogP contribution is -2.38. The third-order valence-electron chi connectivity index (χ3n) is 2.01. The topological polar surface area (TPSA) is 56.6 Å². The van der Waals surface area contributed by atoms with Gasteiger partial charge in [0, 0.05) is 40.7 Å². The molecule has 0 saturated carbocycles. The number of ether oxygens (including phenoxy) is 1. The van der Waals surface area contributed by atoms with Gasteiger partial charge >= 0.3 is 0 Å². The molecule has 86 valence electrons. The third kappa shape index (κ3) is 6.89. The number of likely N-dealkylation sites (N-methyl/N-ethyl adjacent to an activating group) is 1. The SMILES string of the molecule is COCCN(CCC#N)CC(=O)N(C)C. The lowest BCUT2D eigenvalue weighted by atomic mass is 10.3. The van der Waals surface area contributed by atoms with Crippen LogP contribution in [0.15, 0.2) is 0 Å². The molecule has 1 amide bonds. The summed E-state index contributed by atoms with van der Waals surface area (Å²) < 4.78 is 4.94. The van der Waals surface area contributed by atoms with Gasteiger partial charge < -0.3 is 9.64 Å². The summed E-state index contributed by atoms with van der Waals surface area (Å²) in [5.74, 6) is 0.0454. The van der Waals surface area contributed by atoms with E-state index in [1.807, 2.05) is 4.90 Å². The second kappa shape index (κ2) is 8.21. The van der Waals surface area contributed by atoms with Crippen molar-refractivity contribution in [2.45, 2.75) is 6.42 Å². The largest absolute Gasteiger partial charge is 0.383 e. The van der Waals surface area contributed by atoms with Crippen molar-refractivity contribution in [3.8, 4) is 6.07 Å². The van der Waals surface area contributed by atoms with Crippen molar-refractivity contribution in [1.29, 1.82) is 5.26 Å². The van der Waals surface area contributed by atoms with Gasteiger partial charge in [0.25, 0.3) is 0 Å². The summed E-state index contributed by atoms with van der Waals surface area (Å²) in [5.41, 5.74) is 0. The molecular weight excluding hydrogens is 194 g/mol. The summed E-state index contributed by atoms with van der Waals surface area (Å²) in [5, 5.41) is 8.48. The Hall–Kier alpha value is -1.12. The Labute approximate surface area is 91.2 Å². The van der Waals surface area contributed by atoms with E-state index in [2.05, 4.69) is 6.07 Å². The van der Waals surface area contributed by atoms with E-state index in [4.69, 9.17) is 10.00 Å². The zero-order valence-electron chi connectivity index (χ0n) is 9.69. The molecule has 0 aromatic carbocycles. The minimum atomic E-state index is 0.0454. The first-order valence-electron chi connectivity index (χ1n) is 4.90. The van der Waals surface area contributed by atoms with Crippen LogP contribution in [-0.2, 0) is 9.53 Å². The lowest BCUT2D eigenvalue weighted by Gasteiger charge is -2.21. The number of methoxy groups -OCH3 is 1. The number of hydrogen-bond donors (Lipinski definition) is 0. The molecular formula is C10H19N3O2. The fourth-order valence-corrected chi connectivity index (χ4v) is 1.03. The van der Waals surface area contributed by atoms with Crippen LogP contribution >= 0.6 is 0 Å². The van der Waals surface area contributed by atoms with Gasteiger partial charge in [0.1, 0.15) is 0 Å². The van der Waals surface area contributed by atoms with Crippen LogP contribution in [0.25, 0.3) is 0 Å². The van der Waals surface area contributed by atoms with E-state index < -0.39 is 0 Å². The summed E-state index contributed by atoms with van der Waals surface area (Å²) in [6.07, 6.45) is 0.435. The number of carbonyl (C=O) groups excluding carboxylic acids is 1. The molecule has 5 heteroatoms. The van der Waals surface area contributed by atoms with Crippen LogP contribution in [-0.4, -0.2) is 63.2 Å². The predicted octanol–water partition coefficient (Wildman–Crippen LogP) is -0.0633. The first-order chi connectivity index (χ1) is 7.11. The van der Waals surface area contributed by atoms with E-state index in [1.54, 1.807) is 26.1 Å². The molecule has 5 nitrogen and oxygen atoms in total. The van der Waals surface area contributed by atoms with Crippen LogP contribution in [0.1, 0.15) is 6.42 Å². The van der Waals surface area contributed by atoms with Crippen LogP contribution in [0.5, 0.6) is 0 Å². The number of nitrogens with zero attached hydrogens (tertiary/aromatic N) is 3. The van der Waals surface area contributed by atoms with Gasteiger partial charge in [-0.3, -0.25) is 9.69 Å². The van der Waals surface area contributed by atoms with Gasteiger partial charge in [-0.25, -0.2) is 0 Å². The molecule has 0 heterocycles. The number of carbonyl (C=O) groups is 1. The van der Waals surface area contributed by atoms with Gasteiger partial charge in [-0.05, 0) is 0 Å². The second-order valence-corrected chi connectivity index (χ2v) is 3.47. The summed E-state index contributed by atoms with van der Waals surface area (Å²) >= 11 is 0. The van der Waals surface area contributed by atoms with E-state index in [-0.39, 0.29) is 5.91 Å². The van der Waals surface area contributed by atoms with E-state index >= 15 is 0 Å². The number of amides is 1. The van der Waals surface area contributed by atoms with Gasteiger partial charge in [-0.1, -0.05) is 0 Å². The van der Waals surface area contributed by atoms with E-state index in [1.165, 1.54) is 0 Å². The molecule has 0 radical (unpaired) electrons. The standard InChI is InChI=1S/C10H19N3O2/c1-12(2)10(14)9-13(6-4-5-11)7-8-15-3/h4,6-9H2,1-3H3. The maximum absolute atomic E-state index is 11.4. The monoisotopic (exact) mass is 213 g/mol. The van der Waals surface area contributed by atoms with Crippen LogP contribution in [0.3, 0.4) is 0 Å². The molecule has 0 aliphatic heterocycles. The molecule has 0 aliphatic rings. The number of rotatable bonds is 7. The molecule has 15 heavy (non-hydrogen) atoms. The van der Waals surface area contributed by atoms with Crippen LogP contribution in [0.2, 0.25) is 0 Å². The average Bonchev–Trinajstić information content (AvgIpc) is 2.21. The van der Waals surface area contributed by atoms with Crippen LogP contribution in [0.4, 0.5) is 0 Å². The molecule has 0 aromatic heterocycles. The van der Waals surface area contributed by atoms with Gasteiger partial charge in [0.05, 0.1) is 19.2 Å². The Kier molecular flexibility index (Phi) is 7.60. The average molecular weight is 213 g/mol. The normalized spacial score (nSPS) is 10.1. The molecule has 0 unspecified atom stereocenters. The molecule has 0 aliphatic carbocycles. The highest BCUT2D eigenvalue weighted by molar-refractivity contribution is 5.77. The van der Waals surface area contributed by atoms with Crippen molar-refractivity contribution in [1.82, 2.24) is 9.80 Å². The third-order valence-corrected chi connectivity index (χ3v) is 2.01. The molecule has 0 spiro atoms. The quantitative estimate of drug-likeness (QED) is 0.594. The number of nitriles is 1. The van der Waals surface area contributed by atoms with Gasteiger partial charge in [-0.2, -0.15) is 5.26 Å². The molecule has 0 atom stereocenters. The molecule has 0 saturated heterocycles. The zero-order chi connectivity index (χ0) is 11.7. The lowest BCUT2D eigenvalue weighted by molar-refractivity contribution is -0.130. The van der Waals surface area contributed by atoms with Crippen LogP contribution < -0.4 is 0 Å². The van der Waals surface area contributed by atoms with Crippen molar-refractivity contribution in [3.05, 3.63) is 0 Å². The maximum Gasteiger partial charge on any atom is 0.236 e. The van der Waals surface area contributed by atoms with Crippen molar-refractivity contribution in [3.63, 3.8) is 0 Å². The molecule has 0 fully saturated rings. The predicted molar refractivity (Wildman–Crippen MR) is 57.2 cm³/mol. The number of hydrogen-bond acceptors (Lipinski definition) is 4. The van der Waals surface area contributed by atoms with Crippen LogP contribution in [0, 0.1) is 11.3 Å². The van der Waals surface area contributed by atoms with Gasteiger partial charge in [0.15, 0.2) is 0 Å². The van der Waals surface area contributed by atoms with E-state index in [0.717, 1.165) is 0 Å². The minimum absolute atomic E-state index is 0.0454. The smallest absolute Gasteiger partial charge is 0.236 e. The Balaban J connectivity index is 4.00. The fraction of sp³-hybridized carbons (Fsp3) is 0.800. The summed E-state index contributed by atoms with van der Waals surface area (Å²) in [4.78, 5) is 14.9. The fourth-order valence-electron chi connectivity index (χ4n) is 1.03. The Morgan fingerprint density at radius 1 is 1.40 bits per heavy atom. The molecule has 0 rings (SSSR count). The van der Waals surface area contributed by atoms with Crippen molar-refractivity contribution in [2.75, 3.05) is 47.4 Å². The summed E-state index contributed by atoms with van der Waals surface area (Å²) in [6, 6.07) is 2.07. The zero-order valence-corrected chi connectivity index (χ0v) is 9.69. The summed E-state index contributed by atoms with van der Waals surface area (Å²) in [7, 11) is 5.07. The van der Waals surface area contributed by atoms with E-state index in [0.29, 0.717) is 32.7 Å². The Morgan fingerprint density at radius 3 is 2.53 bits per heavy atom.